The molecule has 3 aliphatic rings. The molecule has 0 saturated heterocycles. The van der Waals surface area contributed by atoms with Crippen LogP contribution < -0.4 is 0 Å². The molecular weight excluding hydrogens is 268 g/mol. The second-order valence-electron chi connectivity index (χ2n) is 6.79. The molecule has 2 unspecified atom stereocenters. The Morgan fingerprint density at radius 2 is 2.05 bits per heavy atom. The highest BCUT2D eigenvalue weighted by Crippen LogP contribution is 2.59. The molecule has 0 aliphatic heterocycles. The normalized spacial score (nSPS) is 28.7. The molecule has 2 fully saturated rings. The zero-order valence-electron chi connectivity index (χ0n) is 12.7. The van der Waals surface area contributed by atoms with Crippen molar-refractivity contribution >= 4 is 11.9 Å². The van der Waals surface area contributed by atoms with Gasteiger partial charge in [0.1, 0.15) is 6.10 Å². The molecule has 1 spiro atoms. The number of esters is 2. The molecule has 0 heterocycles. The van der Waals surface area contributed by atoms with E-state index >= 15 is 0 Å². The molecule has 0 aromatic carbocycles. The summed E-state index contributed by atoms with van der Waals surface area (Å²) in [7, 11) is 1.36. The highest BCUT2D eigenvalue weighted by atomic mass is 16.5. The highest BCUT2D eigenvalue weighted by Gasteiger charge is 2.49. The zero-order chi connectivity index (χ0) is 14.9. The third kappa shape index (κ3) is 3.30. The summed E-state index contributed by atoms with van der Waals surface area (Å²) in [5, 5.41) is 0. The van der Waals surface area contributed by atoms with Crippen LogP contribution in [0.4, 0.5) is 0 Å². The number of carbonyl (C=O) groups excluding carboxylic acids is 2. The van der Waals surface area contributed by atoms with E-state index in [-0.39, 0.29) is 24.5 Å². The first-order chi connectivity index (χ1) is 10.1. The standard InChI is InChI=1S/C17H24O4/c1-20-15(18)3-2-4-16(19)21-14-6-5-12-7-8-17(9-10-17)11-13(12)14/h7,13-14H,2-6,8-11H2,1H3. The van der Waals surface area contributed by atoms with E-state index in [1.165, 1.54) is 38.4 Å². The van der Waals surface area contributed by atoms with Crippen molar-refractivity contribution in [3.05, 3.63) is 11.6 Å². The van der Waals surface area contributed by atoms with Crippen LogP contribution in [-0.4, -0.2) is 25.2 Å². The van der Waals surface area contributed by atoms with E-state index in [1.807, 2.05) is 0 Å². The first-order valence-corrected chi connectivity index (χ1v) is 8.07. The Morgan fingerprint density at radius 1 is 1.29 bits per heavy atom. The SMILES string of the molecule is COC(=O)CCCC(=O)OC1CCC2=CCC3(CC3)CC21. The van der Waals surface area contributed by atoms with E-state index in [4.69, 9.17) is 4.74 Å². The number of ether oxygens (including phenoxy) is 2. The summed E-state index contributed by atoms with van der Waals surface area (Å²) in [5.74, 6) is 0.0308. The Kier molecular flexibility index (Phi) is 4.05. The largest absolute Gasteiger partial charge is 0.469 e. The maximum absolute atomic E-state index is 11.9. The number of hydrogen-bond donors (Lipinski definition) is 0. The molecule has 4 nitrogen and oxygen atoms in total. The Balaban J connectivity index is 1.47. The molecule has 0 aromatic rings. The molecular formula is C17H24O4. The van der Waals surface area contributed by atoms with E-state index in [9.17, 15) is 9.59 Å². The predicted molar refractivity (Wildman–Crippen MR) is 77.5 cm³/mol. The summed E-state index contributed by atoms with van der Waals surface area (Å²) >= 11 is 0. The van der Waals surface area contributed by atoms with Crippen LogP contribution in [0.15, 0.2) is 11.6 Å². The number of fused-ring (bicyclic) bond motifs is 1. The number of hydrogen-bond acceptors (Lipinski definition) is 4. The van der Waals surface area contributed by atoms with Crippen molar-refractivity contribution in [2.75, 3.05) is 7.11 Å². The maximum atomic E-state index is 11.9. The Morgan fingerprint density at radius 3 is 2.76 bits per heavy atom. The third-order valence-electron chi connectivity index (χ3n) is 5.32. The zero-order valence-corrected chi connectivity index (χ0v) is 12.7. The fourth-order valence-corrected chi connectivity index (χ4v) is 3.78. The molecule has 21 heavy (non-hydrogen) atoms. The highest BCUT2D eigenvalue weighted by molar-refractivity contribution is 5.72. The maximum Gasteiger partial charge on any atom is 0.306 e. The second kappa shape index (κ2) is 5.82. The van der Waals surface area contributed by atoms with Crippen LogP contribution in [0, 0.1) is 11.3 Å². The number of rotatable bonds is 5. The first kappa shape index (κ1) is 14.6. The molecule has 0 aromatic heterocycles. The molecule has 0 N–H and O–H groups in total. The fraction of sp³-hybridized carbons (Fsp3) is 0.765. The van der Waals surface area contributed by atoms with Gasteiger partial charge in [0.05, 0.1) is 7.11 Å². The number of methoxy groups -OCH3 is 1. The number of allylic oxidation sites excluding steroid dienone is 1. The van der Waals surface area contributed by atoms with Gasteiger partial charge >= 0.3 is 11.9 Å². The van der Waals surface area contributed by atoms with Crippen molar-refractivity contribution < 1.29 is 19.1 Å². The molecule has 0 bridgehead atoms. The van der Waals surface area contributed by atoms with Crippen LogP contribution in [0.25, 0.3) is 0 Å². The van der Waals surface area contributed by atoms with Gasteiger partial charge in [0.2, 0.25) is 0 Å². The van der Waals surface area contributed by atoms with Crippen molar-refractivity contribution in [3.8, 4) is 0 Å². The van der Waals surface area contributed by atoms with E-state index in [0.29, 0.717) is 24.2 Å². The Hall–Kier alpha value is -1.32. The molecule has 116 valence electrons. The van der Waals surface area contributed by atoms with E-state index in [2.05, 4.69) is 10.8 Å². The molecule has 0 amide bonds. The summed E-state index contributed by atoms with van der Waals surface area (Å²) in [5.41, 5.74) is 2.06. The van der Waals surface area contributed by atoms with Crippen LogP contribution >= 0.6 is 0 Å². The van der Waals surface area contributed by atoms with Gasteiger partial charge in [-0.15, -0.1) is 0 Å². The van der Waals surface area contributed by atoms with Gasteiger partial charge in [-0.05, 0) is 50.4 Å². The van der Waals surface area contributed by atoms with E-state index in [0.717, 1.165) is 12.8 Å². The minimum absolute atomic E-state index is 0.0691. The quantitative estimate of drug-likeness (QED) is 0.577. The molecule has 3 aliphatic carbocycles. The van der Waals surface area contributed by atoms with Crippen molar-refractivity contribution in [2.24, 2.45) is 11.3 Å². The lowest BCUT2D eigenvalue weighted by Crippen LogP contribution is -2.27. The fourth-order valence-electron chi connectivity index (χ4n) is 3.78. The Labute approximate surface area is 125 Å². The monoisotopic (exact) mass is 292 g/mol. The van der Waals surface area contributed by atoms with E-state index in [1.54, 1.807) is 0 Å². The van der Waals surface area contributed by atoms with Crippen LogP contribution in [-0.2, 0) is 19.1 Å². The minimum Gasteiger partial charge on any atom is -0.469 e. The average Bonchev–Trinajstić information content (AvgIpc) is 3.12. The van der Waals surface area contributed by atoms with Crippen molar-refractivity contribution in [2.45, 2.75) is 63.9 Å². The van der Waals surface area contributed by atoms with Crippen molar-refractivity contribution in [1.29, 1.82) is 0 Å². The summed E-state index contributed by atoms with van der Waals surface area (Å²) < 4.78 is 10.3. The van der Waals surface area contributed by atoms with Gasteiger partial charge < -0.3 is 9.47 Å². The molecule has 0 radical (unpaired) electrons. The van der Waals surface area contributed by atoms with Crippen LogP contribution in [0.2, 0.25) is 0 Å². The van der Waals surface area contributed by atoms with Gasteiger partial charge in [0.25, 0.3) is 0 Å². The van der Waals surface area contributed by atoms with Crippen LogP contribution in [0.3, 0.4) is 0 Å². The molecule has 2 atom stereocenters. The topological polar surface area (TPSA) is 52.6 Å². The van der Waals surface area contributed by atoms with Crippen molar-refractivity contribution in [3.63, 3.8) is 0 Å². The van der Waals surface area contributed by atoms with Gasteiger partial charge in [-0.2, -0.15) is 0 Å². The molecule has 2 saturated carbocycles. The smallest absolute Gasteiger partial charge is 0.306 e. The number of carbonyl (C=O) groups is 2. The Bertz CT molecular complexity index is 461. The predicted octanol–water partition coefficient (Wildman–Crippen LogP) is 3.15. The minimum atomic E-state index is -0.267. The lowest BCUT2D eigenvalue weighted by molar-refractivity contribution is -0.151. The van der Waals surface area contributed by atoms with Crippen LogP contribution in [0.5, 0.6) is 0 Å². The second-order valence-corrected chi connectivity index (χ2v) is 6.79. The van der Waals surface area contributed by atoms with Gasteiger partial charge in [-0.3, -0.25) is 9.59 Å². The summed E-state index contributed by atoms with van der Waals surface area (Å²) in [6.45, 7) is 0. The van der Waals surface area contributed by atoms with Crippen LogP contribution in [0.1, 0.15) is 57.8 Å². The van der Waals surface area contributed by atoms with Gasteiger partial charge in [-0.25, -0.2) is 0 Å². The van der Waals surface area contributed by atoms with E-state index < -0.39 is 0 Å². The average molecular weight is 292 g/mol. The van der Waals surface area contributed by atoms with Gasteiger partial charge in [0.15, 0.2) is 0 Å². The summed E-state index contributed by atoms with van der Waals surface area (Å²) in [6.07, 6.45) is 10.8. The van der Waals surface area contributed by atoms with Gasteiger partial charge in [0, 0.05) is 18.8 Å². The summed E-state index contributed by atoms with van der Waals surface area (Å²) in [6, 6.07) is 0. The molecule has 3 rings (SSSR count). The lowest BCUT2D eigenvalue weighted by Gasteiger charge is -2.29. The molecule has 4 heteroatoms. The first-order valence-electron chi connectivity index (χ1n) is 8.07. The summed E-state index contributed by atoms with van der Waals surface area (Å²) in [4.78, 5) is 22.9. The lowest BCUT2D eigenvalue weighted by atomic mass is 9.79. The van der Waals surface area contributed by atoms with Gasteiger partial charge in [-0.1, -0.05) is 11.6 Å². The van der Waals surface area contributed by atoms with Crippen molar-refractivity contribution in [1.82, 2.24) is 0 Å². The third-order valence-corrected chi connectivity index (χ3v) is 5.32.